The van der Waals surface area contributed by atoms with Crippen molar-refractivity contribution in [1.82, 2.24) is 0 Å². The van der Waals surface area contributed by atoms with Gasteiger partial charge in [0.05, 0.1) is 45.2 Å². The highest BCUT2D eigenvalue weighted by Crippen LogP contribution is 2.53. The molecule has 0 saturated heterocycles. The first-order chi connectivity index (χ1) is 9.68. The standard InChI is InChI=1S/C12HCl9/c13-2-1-3(14)7(16)4(6(2)15)5-8(17)10(19)12(21)11(20)9(5)18/h1H/i1+1,2+1,3+1,4+1,5+1,6+1,7+1,8+1,9+1,10+1,11+1,12+1. The molecule has 2 rings (SSSR count). The van der Waals surface area contributed by atoms with Crippen LogP contribution < -0.4 is 0 Å². The van der Waals surface area contributed by atoms with Crippen molar-refractivity contribution >= 4 is 104 Å². The molecule has 0 N–H and O–H groups in total. The monoisotopic (exact) mass is 472 g/mol. The maximum atomic E-state index is 6.20. The zero-order chi connectivity index (χ0) is 16.1. The van der Waals surface area contributed by atoms with Gasteiger partial charge in [0.2, 0.25) is 0 Å². The van der Waals surface area contributed by atoms with Crippen LogP contribution in [0.25, 0.3) is 11.1 Å². The van der Waals surface area contributed by atoms with Gasteiger partial charge in [-0.15, -0.1) is 0 Å². The van der Waals surface area contributed by atoms with Crippen molar-refractivity contribution in [2.24, 2.45) is 0 Å². The predicted molar refractivity (Wildman–Crippen MR) is 97.0 cm³/mol. The van der Waals surface area contributed by atoms with Gasteiger partial charge in [0.25, 0.3) is 0 Å². The van der Waals surface area contributed by atoms with E-state index in [1.54, 1.807) is 0 Å². The van der Waals surface area contributed by atoms with E-state index >= 15 is 0 Å². The molecule has 0 nitrogen and oxygen atoms in total. The van der Waals surface area contributed by atoms with E-state index in [0.717, 1.165) is 0 Å². The molecular weight excluding hydrogens is 475 g/mol. The molecule has 0 bridgehead atoms. The normalized spacial score (nSPS) is 11.1. The van der Waals surface area contributed by atoms with Gasteiger partial charge >= 0.3 is 0 Å². The van der Waals surface area contributed by atoms with Crippen LogP contribution in [0.2, 0.25) is 45.2 Å². The summed E-state index contributed by atoms with van der Waals surface area (Å²) in [4.78, 5) is 0. The first-order valence-corrected chi connectivity index (χ1v) is 8.43. The molecule has 0 aliphatic rings. The molecule has 112 valence electrons. The van der Waals surface area contributed by atoms with Crippen LogP contribution >= 0.6 is 104 Å². The quantitative estimate of drug-likeness (QED) is 0.284. The van der Waals surface area contributed by atoms with E-state index in [0.29, 0.717) is 0 Å². The summed E-state index contributed by atoms with van der Waals surface area (Å²) in [7, 11) is 0. The zero-order valence-corrected chi connectivity index (χ0v) is 16.3. The highest BCUT2D eigenvalue weighted by Gasteiger charge is 2.25. The van der Waals surface area contributed by atoms with Crippen molar-refractivity contribution in [2.75, 3.05) is 0 Å². The highest BCUT2D eigenvalue weighted by atomic mass is 35.5. The van der Waals surface area contributed by atoms with Crippen molar-refractivity contribution in [3.8, 4) is 11.1 Å². The van der Waals surface area contributed by atoms with Crippen molar-refractivity contribution in [3.63, 3.8) is 0 Å². The lowest BCUT2D eigenvalue weighted by Crippen LogP contribution is -1.90. The molecule has 0 atom stereocenters. The van der Waals surface area contributed by atoms with Crippen LogP contribution in [-0.4, -0.2) is 0 Å². The van der Waals surface area contributed by atoms with E-state index in [4.69, 9.17) is 104 Å². The van der Waals surface area contributed by atoms with E-state index < -0.39 is 0 Å². The fraction of sp³-hybridized carbons (Fsp3) is 0. The highest BCUT2D eigenvalue weighted by molar-refractivity contribution is 6.58. The van der Waals surface area contributed by atoms with E-state index in [-0.39, 0.29) is 56.3 Å². The summed E-state index contributed by atoms with van der Waals surface area (Å²) in [5.74, 6) is 0. The third kappa shape index (κ3) is 3.18. The fourth-order valence-corrected chi connectivity index (χ4v) is 3.94. The Bertz CT molecular complexity index is 696. The first kappa shape index (κ1) is 18.4. The van der Waals surface area contributed by atoms with Crippen LogP contribution in [0, 0.1) is 0 Å². The Hall–Kier alpha value is 1.05. The molecule has 9 heteroatoms. The Kier molecular flexibility index (Phi) is 6.03. The van der Waals surface area contributed by atoms with Crippen LogP contribution in [0.1, 0.15) is 0 Å². The van der Waals surface area contributed by atoms with Gasteiger partial charge in [0, 0.05) is 11.1 Å². The summed E-state index contributed by atoms with van der Waals surface area (Å²) in [5.41, 5.74) is 0.434. The average molecular weight is 476 g/mol. The number of benzene rings is 2. The van der Waals surface area contributed by atoms with Crippen molar-refractivity contribution in [1.29, 1.82) is 0 Å². The molecule has 0 amide bonds. The summed E-state index contributed by atoms with van der Waals surface area (Å²) in [6, 6.07) is 1.40. The second kappa shape index (κ2) is 6.89. The molecule has 2 aromatic rings. The molecule has 0 saturated carbocycles. The van der Waals surface area contributed by atoms with Gasteiger partial charge in [-0.3, -0.25) is 0 Å². The second-order valence-electron chi connectivity index (χ2n) is 3.79. The minimum absolute atomic E-state index is 0.0194. The molecule has 0 aliphatic carbocycles. The molecule has 0 heterocycles. The van der Waals surface area contributed by atoms with E-state index in [2.05, 4.69) is 0 Å². The summed E-state index contributed by atoms with van der Waals surface area (Å²) < 4.78 is 0. The predicted octanol–water partition coefficient (Wildman–Crippen LogP) is 9.23. The van der Waals surface area contributed by atoms with Crippen molar-refractivity contribution < 1.29 is 0 Å². The SMILES string of the molecule is Cl[13c]1[13cH][13c](Cl)[13c](Cl)[13c](-[13c]2[13c](Cl)[13c](Cl)[13c](Cl)[13c](Cl)[13c]2Cl)[13c]1Cl. The smallest absolute Gasteiger partial charge is 0.0809 e. The Morgan fingerprint density at radius 2 is 0.667 bits per heavy atom. The van der Waals surface area contributed by atoms with Crippen LogP contribution in [0.15, 0.2) is 6.07 Å². The Morgan fingerprint density at radius 1 is 0.381 bits per heavy atom. The lowest BCUT2D eigenvalue weighted by molar-refractivity contribution is 1.61. The third-order valence-electron chi connectivity index (χ3n) is 2.57. The van der Waals surface area contributed by atoms with E-state index in [1.165, 1.54) is 6.07 Å². The van der Waals surface area contributed by atoms with Crippen molar-refractivity contribution in [2.45, 2.75) is 0 Å². The molecule has 2 aromatic carbocycles. The number of rotatable bonds is 1. The summed E-state index contributed by atoms with van der Waals surface area (Å²) >= 11 is 54.8. The van der Waals surface area contributed by atoms with Crippen LogP contribution in [0.4, 0.5) is 0 Å². The molecule has 0 radical (unpaired) electrons. The number of hydrogen-bond acceptors (Lipinski definition) is 0. The average Bonchev–Trinajstić information content (AvgIpc) is 2.44. The fourth-order valence-electron chi connectivity index (χ4n) is 1.62. The van der Waals surface area contributed by atoms with Crippen molar-refractivity contribution in [3.05, 3.63) is 51.3 Å². The minimum atomic E-state index is 0.0194. The van der Waals surface area contributed by atoms with Gasteiger partial charge in [-0.25, -0.2) is 0 Å². The van der Waals surface area contributed by atoms with Gasteiger partial charge < -0.3 is 0 Å². The maximum absolute atomic E-state index is 6.20. The van der Waals surface area contributed by atoms with Gasteiger partial charge in [0.15, 0.2) is 0 Å². The van der Waals surface area contributed by atoms with Crippen LogP contribution in [0.5, 0.6) is 0 Å². The summed E-state index contributed by atoms with van der Waals surface area (Å²) in [5, 5.41) is 0.727. The van der Waals surface area contributed by atoms with Gasteiger partial charge in [-0.2, -0.15) is 0 Å². The zero-order valence-electron chi connectivity index (χ0n) is 9.48. The lowest BCUT2D eigenvalue weighted by Gasteiger charge is -2.16. The topological polar surface area (TPSA) is 0 Å². The summed E-state index contributed by atoms with van der Waals surface area (Å²) in [6.07, 6.45) is 0. The van der Waals surface area contributed by atoms with E-state index in [9.17, 15) is 0 Å². The molecular formula is C12HCl9. The van der Waals surface area contributed by atoms with Crippen LogP contribution in [0.3, 0.4) is 0 Å². The third-order valence-corrected chi connectivity index (χ3v) is 6.42. The summed E-state index contributed by atoms with van der Waals surface area (Å²) in [6.45, 7) is 0. The molecule has 21 heavy (non-hydrogen) atoms. The van der Waals surface area contributed by atoms with Gasteiger partial charge in [-0.05, 0) is 6.07 Å². The van der Waals surface area contributed by atoms with Gasteiger partial charge in [-0.1, -0.05) is 104 Å². The molecule has 0 aromatic heterocycles. The van der Waals surface area contributed by atoms with Gasteiger partial charge in [0.1, 0.15) is 0 Å². The second-order valence-corrected chi connectivity index (χ2v) is 7.25. The number of halogens is 9. The molecule has 0 spiro atoms. The molecule has 0 aliphatic heterocycles. The molecule has 0 fully saturated rings. The number of hydrogen-bond donors (Lipinski definition) is 0. The maximum Gasteiger partial charge on any atom is 0.0809 e. The Morgan fingerprint density at radius 3 is 1.05 bits per heavy atom. The lowest BCUT2D eigenvalue weighted by atomic mass is 11.0. The molecule has 0 unspecified atom stereocenters. The van der Waals surface area contributed by atoms with E-state index in [1.807, 2.05) is 0 Å². The minimum Gasteiger partial charge on any atom is -0.0826 e. The van der Waals surface area contributed by atoms with Crippen LogP contribution in [-0.2, 0) is 0 Å². The Labute approximate surface area is 165 Å². The largest absolute Gasteiger partial charge is 0.0826 e. The first-order valence-electron chi connectivity index (χ1n) is 5.03. The Balaban J connectivity index is 3.00.